The molecule has 1 atom stereocenters. The van der Waals surface area contributed by atoms with Gasteiger partial charge < -0.3 is 14.7 Å². The molecule has 0 aliphatic carbocycles. The van der Waals surface area contributed by atoms with Gasteiger partial charge in [0.15, 0.2) is 0 Å². The standard InChI is InChI=1S/C19H26FN3O2/c1-19(2,3)23-13-14(12-17(23)24)18(25)22-10-8-21(9-11-22)16-7-5-4-6-15(16)20/h4-7,14H,8-13H2,1-3H3/t14-/m0/s1. The number of anilines is 1. The Kier molecular flexibility index (Phi) is 4.71. The van der Waals surface area contributed by atoms with E-state index in [-0.39, 0.29) is 29.1 Å². The number of para-hydroxylation sites is 1. The molecule has 3 rings (SSSR count). The average Bonchev–Trinajstić information content (AvgIpc) is 2.97. The summed E-state index contributed by atoms with van der Waals surface area (Å²) in [6, 6.07) is 6.72. The summed E-state index contributed by atoms with van der Waals surface area (Å²) in [7, 11) is 0. The lowest BCUT2D eigenvalue weighted by Gasteiger charge is -2.37. The molecule has 1 aromatic carbocycles. The van der Waals surface area contributed by atoms with Crippen LogP contribution in [-0.2, 0) is 9.59 Å². The number of nitrogens with zero attached hydrogens (tertiary/aromatic N) is 3. The number of carbonyl (C=O) groups is 2. The molecule has 0 radical (unpaired) electrons. The Hall–Kier alpha value is -2.11. The molecule has 0 spiro atoms. The van der Waals surface area contributed by atoms with Gasteiger partial charge in [-0.2, -0.15) is 0 Å². The normalized spacial score (nSPS) is 21.8. The first-order valence-corrected chi connectivity index (χ1v) is 8.86. The van der Waals surface area contributed by atoms with Crippen LogP contribution >= 0.6 is 0 Å². The van der Waals surface area contributed by atoms with E-state index in [2.05, 4.69) is 0 Å². The molecule has 1 aromatic rings. The third kappa shape index (κ3) is 3.62. The van der Waals surface area contributed by atoms with Crippen molar-refractivity contribution in [1.29, 1.82) is 0 Å². The van der Waals surface area contributed by atoms with Crippen LogP contribution in [0.3, 0.4) is 0 Å². The molecular formula is C19H26FN3O2. The molecule has 5 nitrogen and oxygen atoms in total. The van der Waals surface area contributed by atoms with Crippen LogP contribution in [0.2, 0.25) is 0 Å². The molecule has 25 heavy (non-hydrogen) atoms. The molecular weight excluding hydrogens is 321 g/mol. The molecule has 0 unspecified atom stereocenters. The van der Waals surface area contributed by atoms with Crippen LogP contribution in [0.15, 0.2) is 24.3 Å². The number of benzene rings is 1. The maximum absolute atomic E-state index is 13.9. The van der Waals surface area contributed by atoms with Crippen molar-refractivity contribution >= 4 is 17.5 Å². The van der Waals surface area contributed by atoms with E-state index in [1.807, 2.05) is 36.6 Å². The second-order valence-corrected chi connectivity index (χ2v) is 7.84. The second-order valence-electron chi connectivity index (χ2n) is 7.84. The van der Waals surface area contributed by atoms with E-state index in [1.165, 1.54) is 6.07 Å². The summed E-state index contributed by atoms with van der Waals surface area (Å²) in [5.74, 6) is -0.389. The van der Waals surface area contributed by atoms with Gasteiger partial charge in [-0.15, -0.1) is 0 Å². The highest BCUT2D eigenvalue weighted by atomic mass is 19.1. The lowest BCUT2D eigenvalue weighted by Crippen LogP contribution is -2.51. The summed E-state index contributed by atoms with van der Waals surface area (Å²) >= 11 is 0. The molecule has 2 aliphatic rings. The Bertz CT molecular complexity index is 663. The number of hydrogen-bond donors (Lipinski definition) is 0. The smallest absolute Gasteiger partial charge is 0.228 e. The van der Waals surface area contributed by atoms with Crippen molar-refractivity contribution in [2.24, 2.45) is 5.92 Å². The molecule has 2 saturated heterocycles. The summed E-state index contributed by atoms with van der Waals surface area (Å²) in [5, 5.41) is 0. The monoisotopic (exact) mass is 347 g/mol. The quantitative estimate of drug-likeness (QED) is 0.823. The number of piperazine rings is 1. The third-order valence-electron chi connectivity index (χ3n) is 5.07. The number of amides is 2. The van der Waals surface area contributed by atoms with Crippen LogP contribution in [0.1, 0.15) is 27.2 Å². The number of likely N-dealkylation sites (tertiary alicyclic amines) is 1. The lowest BCUT2D eigenvalue weighted by molar-refractivity contribution is -0.136. The predicted octanol–water partition coefficient (Wildman–Crippen LogP) is 2.12. The maximum atomic E-state index is 13.9. The Balaban J connectivity index is 1.59. The summed E-state index contributed by atoms with van der Waals surface area (Å²) in [6.07, 6.45) is 0.295. The van der Waals surface area contributed by atoms with Gasteiger partial charge in [0.2, 0.25) is 11.8 Å². The van der Waals surface area contributed by atoms with Gasteiger partial charge in [-0.1, -0.05) is 12.1 Å². The fraction of sp³-hybridized carbons (Fsp3) is 0.579. The summed E-state index contributed by atoms with van der Waals surface area (Å²) in [4.78, 5) is 30.6. The van der Waals surface area contributed by atoms with E-state index in [0.29, 0.717) is 44.8 Å². The van der Waals surface area contributed by atoms with E-state index >= 15 is 0 Å². The average molecular weight is 347 g/mol. The van der Waals surface area contributed by atoms with Crippen LogP contribution in [0.4, 0.5) is 10.1 Å². The summed E-state index contributed by atoms with van der Waals surface area (Å²) < 4.78 is 13.9. The Morgan fingerprint density at radius 1 is 1.12 bits per heavy atom. The number of rotatable bonds is 2. The SMILES string of the molecule is CC(C)(C)N1C[C@@H](C(=O)N2CCN(c3ccccc3F)CC2)CC1=O. The van der Waals surface area contributed by atoms with Gasteiger partial charge in [0.05, 0.1) is 11.6 Å². The Morgan fingerprint density at radius 2 is 1.76 bits per heavy atom. The van der Waals surface area contributed by atoms with E-state index in [4.69, 9.17) is 0 Å². The van der Waals surface area contributed by atoms with Crippen molar-refractivity contribution in [3.05, 3.63) is 30.1 Å². The second kappa shape index (κ2) is 6.65. The van der Waals surface area contributed by atoms with Crippen molar-refractivity contribution in [3.8, 4) is 0 Å². The zero-order valence-electron chi connectivity index (χ0n) is 15.2. The molecule has 136 valence electrons. The third-order valence-corrected chi connectivity index (χ3v) is 5.07. The van der Waals surface area contributed by atoms with Crippen LogP contribution < -0.4 is 4.90 Å². The van der Waals surface area contributed by atoms with Crippen LogP contribution in [0.25, 0.3) is 0 Å². The molecule has 0 bridgehead atoms. The fourth-order valence-corrected chi connectivity index (χ4v) is 3.66. The van der Waals surface area contributed by atoms with Crippen LogP contribution in [0, 0.1) is 11.7 Å². The van der Waals surface area contributed by atoms with Crippen molar-refractivity contribution < 1.29 is 14.0 Å². The highest BCUT2D eigenvalue weighted by Crippen LogP contribution is 2.28. The number of halogens is 1. The molecule has 0 aromatic heterocycles. The molecule has 6 heteroatoms. The molecule has 2 heterocycles. The Morgan fingerprint density at radius 3 is 2.32 bits per heavy atom. The zero-order chi connectivity index (χ0) is 18.2. The van der Waals surface area contributed by atoms with Gasteiger partial charge in [0.25, 0.3) is 0 Å². The molecule has 0 N–H and O–H groups in total. The number of hydrogen-bond acceptors (Lipinski definition) is 3. The van der Waals surface area contributed by atoms with E-state index in [1.54, 1.807) is 17.0 Å². The zero-order valence-corrected chi connectivity index (χ0v) is 15.2. The maximum Gasteiger partial charge on any atom is 0.228 e. The van der Waals surface area contributed by atoms with E-state index in [9.17, 15) is 14.0 Å². The fourth-order valence-electron chi connectivity index (χ4n) is 3.66. The number of carbonyl (C=O) groups excluding carboxylic acids is 2. The van der Waals surface area contributed by atoms with Crippen LogP contribution in [0.5, 0.6) is 0 Å². The van der Waals surface area contributed by atoms with Crippen molar-refractivity contribution in [2.75, 3.05) is 37.6 Å². The van der Waals surface area contributed by atoms with Crippen molar-refractivity contribution in [3.63, 3.8) is 0 Å². The first kappa shape index (κ1) is 17.7. The van der Waals surface area contributed by atoms with Gasteiger partial charge in [-0.25, -0.2) is 4.39 Å². The largest absolute Gasteiger partial charge is 0.366 e. The highest BCUT2D eigenvalue weighted by Gasteiger charge is 2.41. The van der Waals surface area contributed by atoms with Crippen molar-refractivity contribution in [1.82, 2.24) is 9.80 Å². The molecule has 2 amide bonds. The van der Waals surface area contributed by atoms with E-state index in [0.717, 1.165) is 0 Å². The van der Waals surface area contributed by atoms with Gasteiger partial charge in [-0.3, -0.25) is 9.59 Å². The molecule has 0 saturated carbocycles. The summed E-state index contributed by atoms with van der Waals surface area (Å²) in [5.41, 5.74) is 0.333. The van der Waals surface area contributed by atoms with Gasteiger partial charge >= 0.3 is 0 Å². The first-order chi connectivity index (χ1) is 11.8. The topological polar surface area (TPSA) is 43.9 Å². The van der Waals surface area contributed by atoms with Crippen molar-refractivity contribution in [2.45, 2.75) is 32.7 Å². The van der Waals surface area contributed by atoms with Crippen LogP contribution in [-0.4, -0.2) is 59.9 Å². The van der Waals surface area contributed by atoms with E-state index < -0.39 is 0 Å². The highest BCUT2D eigenvalue weighted by molar-refractivity contribution is 5.89. The van der Waals surface area contributed by atoms with Gasteiger partial charge in [0.1, 0.15) is 5.82 Å². The van der Waals surface area contributed by atoms with Gasteiger partial charge in [0, 0.05) is 44.7 Å². The predicted molar refractivity (Wildman–Crippen MR) is 94.8 cm³/mol. The van der Waals surface area contributed by atoms with Gasteiger partial charge in [-0.05, 0) is 32.9 Å². The minimum Gasteiger partial charge on any atom is -0.366 e. The minimum absolute atomic E-state index is 0.0493. The lowest BCUT2D eigenvalue weighted by atomic mass is 10.1. The first-order valence-electron chi connectivity index (χ1n) is 8.86. The Labute approximate surface area is 148 Å². The summed E-state index contributed by atoms with van der Waals surface area (Å²) in [6.45, 7) is 8.81. The minimum atomic E-state index is -0.258. The molecule has 2 fully saturated rings. The molecule has 2 aliphatic heterocycles.